The smallest absolute Gasteiger partial charge is 0.270 e. The van der Waals surface area contributed by atoms with Gasteiger partial charge in [0.2, 0.25) is 0 Å². The highest BCUT2D eigenvalue weighted by Gasteiger charge is 2.25. The van der Waals surface area contributed by atoms with Gasteiger partial charge in [-0.3, -0.25) is 9.59 Å². The molecule has 0 saturated carbocycles. The molecule has 0 spiro atoms. The third kappa shape index (κ3) is 3.50. The summed E-state index contributed by atoms with van der Waals surface area (Å²) in [6.45, 7) is 4.42. The SMILES string of the molecule is CCCc1ccc(C(=O)N2CCN(C(=O)c3ccc[nH]3)CC2)cc1. The van der Waals surface area contributed by atoms with E-state index in [-0.39, 0.29) is 11.8 Å². The highest BCUT2D eigenvalue weighted by Crippen LogP contribution is 2.13. The molecule has 0 aliphatic carbocycles. The van der Waals surface area contributed by atoms with Crippen molar-refractivity contribution in [1.29, 1.82) is 0 Å². The van der Waals surface area contributed by atoms with Gasteiger partial charge in [-0.05, 0) is 36.2 Å². The Balaban J connectivity index is 1.57. The van der Waals surface area contributed by atoms with Crippen LogP contribution >= 0.6 is 0 Å². The van der Waals surface area contributed by atoms with Crippen LogP contribution in [0.2, 0.25) is 0 Å². The maximum atomic E-state index is 12.6. The third-order valence-electron chi connectivity index (χ3n) is 4.42. The number of carbonyl (C=O) groups excluding carboxylic acids is 2. The van der Waals surface area contributed by atoms with Crippen molar-refractivity contribution in [3.63, 3.8) is 0 Å². The lowest BCUT2D eigenvalue weighted by Crippen LogP contribution is -2.50. The Kier molecular flexibility index (Phi) is 4.99. The van der Waals surface area contributed by atoms with E-state index >= 15 is 0 Å². The van der Waals surface area contributed by atoms with E-state index in [2.05, 4.69) is 11.9 Å². The Morgan fingerprint density at radius 2 is 1.58 bits per heavy atom. The molecule has 5 nitrogen and oxygen atoms in total. The highest BCUT2D eigenvalue weighted by molar-refractivity contribution is 5.95. The second kappa shape index (κ2) is 7.34. The number of H-pyrrole nitrogens is 1. The molecule has 0 radical (unpaired) electrons. The predicted molar refractivity (Wildman–Crippen MR) is 93.0 cm³/mol. The lowest BCUT2D eigenvalue weighted by atomic mass is 10.1. The molecule has 5 heteroatoms. The van der Waals surface area contributed by atoms with Crippen molar-refractivity contribution in [2.75, 3.05) is 26.2 Å². The van der Waals surface area contributed by atoms with Crippen LogP contribution in [0, 0.1) is 0 Å². The minimum Gasteiger partial charge on any atom is -0.357 e. The van der Waals surface area contributed by atoms with E-state index in [1.807, 2.05) is 35.2 Å². The van der Waals surface area contributed by atoms with Gasteiger partial charge in [-0.15, -0.1) is 0 Å². The fourth-order valence-corrected chi connectivity index (χ4v) is 3.03. The maximum Gasteiger partial charge on any atom is 0.270 e. The van der Waals surface area contributed by atoms with Gasteiger partial charge in [-0.25, -0.2) is 0 Å². The summed E-state index contributed by atoms with van der Waals surface area (Å²) in [5.74, 6) is 0.0426. The summed E-state index contributed by atoms with van der Waals surface area (Å²) in [5.41, 5.74) is 2.58. The van der Waals surface area contributed by atoms with Crippen molar-refractivity contribution >= 4 is 11.8 Å². The van der Waals surface area contributed by atoms with Crippen molar-refractivity contribution in [3.05, 3.63) is 59.4 Å². The molecule has 1 aromatic heterocycles. The average molecular weight is 325 g/mol. The molecule has 1 fully saturated rings. The van der Waals surface area contributed by atoms with E-state index in [4.69, 9.17) is 0 Å². The number of aryl methyl sites for hydroxylation is 1. The topological polar surface area (TPSA) is 56.4 Å². The first kappa shape index (κ1) is 16.3. The van der Waals surface area contributed by atoms with E-state index in [0.29, 0.717) is 31.9 Å². The molecule has 1 aromatic carbocycles. The number of benzene rings is 1. The van der Waals surface area contributed by atoms with Crippen LogP contribution in [0.25, 0.3) is 0 Å². The molecule has 1 aliphatic heterocycles. The third-order valence-corrected chi connectivity index (χ3v) is 4.42. The Bertz CT molecular complexity index is 684. The number of amides is 2. The van der Waals surface area contributed by atoms with Gasteiger partial charge in [-0.1, -0.05) is 25.5 Å². The van der Waals surface area contributed by atoms with Gasteiger partial charge in [-0.2, -0.15) is 0 Å². The number of aromatic amines is 1. The number of piperazine rings is 1. The molecule has 1 saturated heterocycles. The molecular weight excluding hydrogens is 302 g/mol. The molecular formula is C19H23N3O2. The van der Waals surface area contributed by atoms with E-state index in [0.717, 1.165) is 18.4 Å². The van der Waals surface area contributed by atoms with Gasteiger partial charge in [0.05, 0.1) is 0 Å². The lowest BCUT2D eigenvalue weighted by molar-refractivity contribution is 0.0532. The van der Waals surface area contributed by atoms with Gasteiger partial charge < -0.3 is 14.8 Å². The van der Waals surface area contributed by atoms with E-state index < -0.39 is 0 Å². The predicted octanol–water partition coefficient (Wildman–Crippen LogP) is 2.57. The lowest BCUT2D eigenvalue weighted by Gasteiger charge is -2.34. The minimum absolute atomic E-state index is 0.00369. The zero-order valence-corrected chi connectivity index (χ0v) is 14.0. The Hall–Kier alpha value is -2.56. The summed E-state index contributed by atoms with van der Waals surface area (Å²) in [6, 6.07) is 11.5. The second-order valence-corrected chi connectivity index (χ2v) is 6.12. The Morgan fingerprint density at radius 1 is 0.958 bits per heavy atom. The summed E-state index contributed by atoms with van der Waals surface area (Å²) in [7, 11) is 0. The van der Waals surface area contributed by atoms with Crippen LogP contribution in [0.5, 0.6) is 0 Å². The van der Waals surface area contributed by atoms with E-state index in [1.54, 1.807) is 17.2 Å². The summed E-state index contributed by atoms with van der Waals surface area (Å²) in [4.78, 5) is 31.4. The molecule has 2 heterocycles. The first-order chi connectivity index (χ1) is 11.7. The second-order valence-electron chi connectivity index (χ2n) is 6.12. The quantitative estimate of drug-likeness (QED) is 0.939. The van der Waals surface area contributed by atoms with Crippen LogP contribution in [0.3, 0.4) is 0 Å². The summed E-state index contributed by atoms with van der Waals surface area (Å²) < 4.78 is 0. The number of carbonyl (C=O) groups is 2. The number of hydrogen-bond donors (Lipinski definition) is 1. The first-order valence-corrected chi connectivity index (χ1v) is 8.50. The van der Waals surface area contributed by atoms with Crippen LogP contribution in [0.1, 0.15) is 39.8 Å². The van der Waals surface area contributed by atoms with Crippen molar-refractivity contribution in [2.45, 2.75) is 19.8 Å². The standard InChI is InChI=1S/C19H23N3O2/c1-2-4-15-6-8-16(9-7-15)18(23)21-11-13-22(14-12-21)19(24)17-5-3-10-20-17/h3,5-10,20H,2,4,11-14H2,1H3. The van der Waals surface area contributed by atoms with E-state index in [1.165, 1.54) is 5.56 Å². The van der Waals surface area contributed by atoms with Crippen molar-refractivity contribution in [1.82, 2.24) is 14.8 Å². The molecule has 126 valence electrons. The molecule has 2 aromatic rings. The monoisotopic (exact) mass is 325 g/mol. The number of aromatic nitrogens is 1. The first-order valence-electron chi connectivity index (χ1n) is 8.50. The number of nitrogens with zero attached hydrogens (tertiary/aromatic N) is 2. The summed E-state index contributed by atoms with van der Waals surface area (Å²) >= 11 is 0. The molecule has 0 unspecified atom stereocenters. The van der Waals surface area contributed by atoms with Gasteiger partial charge in [0, 0.05) is 37.9 Å². The maximum absolute atomic E-state index is 12.6. The molecule has 0 bridgehead atoms. The van der Waals surface area contributed by atoms with Crippen LogP contribution < -0.4 is 0 Å². The molecule has 0 atom stereocenters. The normalized spacial score (nSPS) is 14.7. The Labute approximate surface area is 142 Å². The van der Waals surface area contributed by atoms with Crippen LogP contribution in [-0.4, -0.2) is 52.8 Å². The van der Waals surface area contributed by atoms with Crippen LogP contribution in [-0.2, 0) is 6.42 Å². The molecule has 24 heavy (non-hydrogen) atoms. The number of rotatable bonds is 4. The van der Waals surface area contributed by atoms with Gasteiger partial charge in [0.1, 0.15) is 5.69 Å². The fourth-order valence-electron chi connectivity index (χ4n) is 3.03. The zero-order valence-electron chi connectivity index (χ0n) is 14.0. The molecule has 1 N–H and O–H groups in total. The van der Waals surface area contributed by atoms with Gasteiger partial charge in [0.15, 0.2) is 0 Å². The fraction of sp³-hybridized carbons (Fsp3) is 0.368. The summed E-state index contributed by atoms with van der Waals surface area (Å²) in [5, 5.41) is 0. The minimum atomic E-state index is -0.00369. The zero-order chi connectivity index (χ0) is 16.9. The summed E-state index contributed by atoms with van der Waals surface area (Å²) in [6.07, 6.45) is 3.88. The number of nitrogens with one attached hydrogen (secondary N) is 1. The van der Waals surface area contributed by atoms with Gasteiger partial charge >= 0.3 is 0 Å². The highest BCUT2D eigenvalue weighted by atomic mass is 16.2. The number of hydrogen-bond acceptors (Lipinski definition) is 2. The Morgan fingerprint density at radius 3 is 2.12 bits per heavy atom. The van der Waals surface area contributed by atoms with Gasteiger partial charge in [0.25, 0.3) is 11.8 Å². The average Bonchev–Trinajstić information content (AvgIpc) is 3.16. The molecule has 1 aliphatic rings. The van der Waals surface area contributed by atoms with Crippen LogP contribution in [0.4, 0.5) is 0 Å². The van der Waals surface area contributed by atoms with Crippen molar-refractivity contribution < 1.29 is 9.59 Å². The molecule has 3 rings (SSSR count). The van der Waals surface area contributed by atoms with Crippen LogP contribution in [0.15, 0.2) is 42.6 Å². The van der Waals surface area contributed by atoms with Crippen molar-refractivity contribution in [2.24, 2.45) is 0 Å². The largest absolute Gasteiger partial charge is 0.357 e. The van der Waals surface area contributed by atoms with E-state index in [9.17, 15) is 9.59 Å². The van der Waals surface area contributed by atoms with Crippen molar-refractivity contribution in [3.8, 4) is 0 Å². The molecule has 2 amide bonds.